The number of ether oxygens (including phenoxy) is 3. The molecule has 0 unspecified atom stereocenters. The normalized spacial score (nSPS) is 12.3. The van der Waals surface area contributed by atoms with Crippen LogP contribution in [-0.4, -0.2) is 62.8 Å². The van der Waals surface area contributed by atoms with Crippen LogP contribution < -0.4 is 25.3 Å². The van der Waals surface area contributed by atoms with E-state index in [1.165, 1.54) is 21.3 Å². The standard InChI is InChI=1S/C30H33F3N4O5/c1-40-24-12-9-21(10-13-24)18-37(28(39)30(31,32)33)19-23(15-20-7-5-4-6-8-20)35-29(34)36-27(38)17-22-11-14-25(41-2)26(16-22)42-3/h4-14,16,23H,15,17-19H2,1-3H3,(H3,34,35,36,38)/t23-/m1/s1. The highest BCUT2D eigenvalue weighted by Gasteiger charge is 2.43. The van der Waals surface area contributed by atoms with E-state index in [2.05, 4.69) is 10.3 Å². The number of hydrogen-bond acceptors (Lipinski definition) is 6. The smallest absolute Gasteiger partial charge is 0.471 e. The summed E-state index contributed by atoms with van der Waals surface area (Å²) in [6.07, 6.45) is -5.01. The van der Waals surface area contributed by atoms with Crippen LogP contribution in [0.3, 0.4) is 0 Å². The third kappa shape index (κ3) is 9.43. The molecule has 0 aliphatic rings. The van der Waals surface area contributed by atoms with Crippen LogP contribution in [0.5, 0.6) is 17.2 Å². The van der Waals surface area contributed by atoms with Crippen molar-refractivity contribution in [3.05, 3.63) is 89.5 Å². The molecule has 3 aromatic carbocycles. The van der Waals surface area contributed by atoms with Gasteiger partial charge in [0, 0.05) is 13.1 Å². The maximum atomic E-state index is 13.6. The number of hydrogen-bond donors (Lipinski definition) is 2. The van der Waals surface area contributed by atoms with Crippen molar-refractivity contribution in [1.82, 2.24) is 10.2 Å². The molecule has 224 valence electrons. The molecule has 2 amide bonds. The van der Waals surface area contributed by atoms with E-state index >= 15 is 0 Å². The first-order valence-corrected chi connectivity index (χ1v) is 12.9. The minimum Gasteiger partial charge on any atom is -0.497 e. The van der Waals surface area contributed by atoms with Crippen molar-refractivity contribution in [2.45, 2.75) is 31.6 Å². The second-order valence-electron chi connectivity index (χ2n) is 9.30. The molecule has 3 N–H and O–H groups in total. The Bertz CT molecular complexity index is 1370. The van der Waals surface area contributed by atoms with Crippen LogP contribution in [0.1, 0.15) is 16.7 Å². The first kappa shape index (κ1) is 31.8. The average Bonchev–Trinajstić information content (AvgIpc) is 2.96. The van der Waals surface area contributed by atoms with Gasteiger partial charge in [0.05, 0.1) is 33.8 Å². The Hall–Kier alpha value is -4.74. The van der Waals surface area contributed by atoms with Crippen LogP contribution in [0.25, 0.3) is 0 Å². The highest BCUT2D eigenvalue weighted by atomic mass is 19.4. The van der Waals surface area contributed by atoms with Crippen LogP contribution in [0, 0.1) is 0 Å². The quantitative estimate of drug-likeness (QED) is 0.246. The van der Waals surface area contributed by atoms with Gasteiger partial charge in [0.2, 0.25) is 5.91 Å². The van der Waals surface area contributed by atoms with E-state index in [-0.39, 0.29) is 25.3 Å². The van der Waals surface area contributed by atoms with Crippen molar-refractivity contribution < 1.29 is 37.0 Å². The second kappa shape index (κ2) is 14.8. The number of benzene rings is 3. The summed E-state index contributed by atoms with van der Waals surface area (Å²) in [6.45, 7) is -0.736. The SMILES string of the molecule is COc1ccc(CN(C[C@@H](Cc2ccccc2)N=C(N)NC(=O)Cc2ccc(OC)c(OC)c2)C(=O)C(F)(F)F)cc1. The Labute approximate surface area is 242 Å². The van der Waals surface area contributed by atoms with Crippen LogP contribution >= 0.6 is 0 Å². The number of aliphatic imine (C=N–C) groups is 1. The average molecular weight is 587 g/mol. The topological polar surface area (TPSA) is 115 Å². The molecule has 0 aromatic heterocycles. The summed E-state index contributed by atoms with van der Waals surface area (Å²) in [6, 6.07) is 19.4. The van der Waals surface area contributed by atoms with Crippen molar-refractivity contribution in [3.8, 4) is 17.2 Å². The molecule has 0 heterocycles. The third-order valence-electron chi connectivity index (χ3n) is 6.21. The molecule has 0 spiro atoms. The molecule has 1 atom stereocenters. The van der Waals surface area contributed by atoms with Crippen LogP contribution in [0.2, 0.25) is 0 Å². The zero-order valence-corrected chi connectivity index (χ0v) is 23.5. The molecule has 0 bridgehead atoms. The van der Waals surface area contributed by atoms with Gasteiger partial charge < -0.3 is 24.8 Å². The fraction of sp³-hybridized carbons (Fsp3) is 0.300. The van der Waals surface area contributed by atoms with Crippen molar-refractivity contribution >= 4 is 17.8 Å². The monoisotopic (exact) mass is 586 g/mol. The van der Waals surface area contributed by atoms with E-state index < -0.39 is 30.6 Å². The molecular weight excluding hydrogens is 553 g/mol. The maximum absolute atomic E-state index is 13.6. The molecule has 12 heteroatoms. The summed E-state index contributed by atoms with van der Waals surface area (Å²) < 4.78 is 56.4. The summed E-state index contributed by atoms with van der Waals surface area (Å²) in [5.41, 5.74) is 7.88. The highest BCUT2D eigenvalue weighted by molar-refractivity contribution is 5.97. The molecule has 0 saturated carbocycles. The van der Waals surface area contributed by atoms with Gasteiger partial charge in [-0.3, -0.25) is 14.9 Å². The zero-order chi connectivity index (χ0) is 30.7. The number of methoxy groups -OCH3 is 3. The van der Waals surface area contributed by atoms with Crippen LogP contribution in [0.15, 0.2) is 77.8 Å². The molecular formula is C30H33F3N4O5. The first-order valence-electron chi connectivity index (χ1n) is 12.9. The maximum Gasteiger partial charge on any atom is 0.471 e. The fourth-order valence-electron chi connectivity index (χ4n) is 4.23. The Morgan fingerprint density at radius 3 is 2.12 bits per heavy atom. The van der Waals surface area contributed by atoms with Crippen molar-refractivity contribution in [3.63, 3.8) is 0 Å². The number of alkyl halides is 3. The van der Waals surface area contributed by atoms with Crippen LogP contribution in [0.4, 0.5) is 13.2 Å². The zero-order valence-electron chi connectivity index (χ0n) is 23.5. The second-order valence-corrected chi connectivity index (χ2v) is 9.30. The van der Waals surface area contributed by atoms with Gasteiger partial charge >= 0.3 is 12.1 Å². The molecule has 9 nitrogen and oxygen atoms in total. The molecule has 42 heavy (non-hydrogen) atoms. The summed E-state index contributed by atoms with van der Waals surface area (Å²) >= 11 is 0. The minimum absolute atomic E-state index is 0.0733. The van der Waals surface area contributed by atoms with E-state index in [4.69, 9.17) is 19.9 Å². The number of carbonyl (C=O) groups is 2. The summed E-state index contributed by atoms with van der Waals surface area (Å²) in [4.78, 5) is 30.2. The van der Waals surface area contributed by atoms with E-state index in [0.717, 1.165) is 5.56 Å². The lowest BCUT2D eigenvalue weighted by molar-refractivity contribution is -0.186. The fourth-order valence-corrected chi connectivity index (χ4v) is 4.23. The number of amides is 2. The number of nitrogens with two attached hydrogens (primary N) is 1. The number of rotatable bonds is 12. The predicted octanol–water partition coefficient (Wildman–Crippen LogP) is 3.89. The molecule has 0 fully saturated rings. The van der Waals surface area contributed by atoms with Crippen molar-refractivity contribution in [1.29, 1.82) is 0 Å². The summed E-state index contributed by atoms with van der Waals surface area (Å²) in [5, 5.41) is 2.48. The lowest BCUT2D eigenvalue weighted by Crippen LogP contribution is -2.45. The van der Waals surface area contributed by atoms with E-state index in [1.807, 2.05) is 0 Å². The van der Waals surface area contributed by atoms with E-state index in [9.17, 15) is 22.8 Å². The van der Waals surface area contributed by atoms with E-state index in [0.29, 0.717) is 33.3 Å². The van der Waals surface area contributed by atoms with Crippen molar-refractivity contribution in [2.24, 2.45) is 10.7 Å². The largest absolute Gasteiger partial charge is 0.497 e. The van der Waals surface area contributed by atoms with Gasteiger partial charge in [-0.1, -0.05) is 48.5 Å². The Balaban J connectivity index is 1.83. The van der Waals surface area contributed by atoms with Crippen LogP contribution in [-0.2, 0) is 29.0 Å². The summed E-state index contributed by atoms with van der Waals surface area (Å²) in [5.74, 6) is -1.33. The Kier molecular flexibility index (Phi) is 11.2. The van der Waals surface area contributed by atoms with Gasteiger partial charge in [-0.2, -0.15) is 13.2 Å². The van der Waals surface area contributed by atoms with Gasteiger partial charge in [-0.15, -0.1) is 0 Å². The molecule has 0 radical (unpaired) electrons. The molecule has 3 aromatic rings. The Morgan fingerprint density at radius 2 is 1.52 bits per heavy atom. The lowest BCUT2D eigenvalue weighted by atomic mass is 10.1. The number of guanidine groups is 1. The number of nitrogens with one attached hydrogen (secondary N) is 1. The van der Waals surface area contributed by atoms with Gasteiger partial charge in [0.25, 0.3) is 0 Å². The van der Waals surface area contributed by atoms with Crippen molar-refractivity contribution in [2.75, 3.05) is 27.9 Å². The van der Waals surface area contributed by atoms with Gasteiger partial charge in [-0.25, -0.2) is 4.99 Å². The first-order chi connectivity index (χ1) is 20.0. The molecule has 3 rings (SSSR count). The number of nitrogens with zero attached hydrogens (tertiary/aromatic N) is 2. The van der Waals surface area contributed by atoms with Gasteiger partial charge in [0.1, 0.15) is 5.75 Å². The third-order valence-corrected chi connectivity index (χ3v) is 6.21. The number of halogens is 3. The number of carbonyl (C=O) groups excluding carboxylic acids is 2. The highest BCUT2D eigenvalue weighted by Crippen LogP contribution is 2.27. The molecule has 0 aliphatic carbocycles. The van der Waals surface area contributed by atoms with Gasteiger partial charge in [-0.05, 0) is 47.4 Å². The predicted molar refractivity (Wildman–Crippen MR) is 151 cm³/mol. The van der Waals surface area contributed by atoms with Gasteiger partial charge in [0.15, 0.2) is 17.5 Å². The Morgan fingerprint density at radius 1 is 0.881 bits per heavy atom. The molecule has 0 saturated heterocycles. The minimum atomic E-state index is -5.10. The lowest BCUT2D eigenvalue weighted by Gasteiger charge is -2.27. The molecule has 0 aliphatic heterocycles. The summed E-state index contributed by atoms with van der Waals surface area (Å²) in [7, 11) is 4.44. The van der Waals surface area contributed by atoms with E-state index in [1.54, 1.807) is 72.8 Å².